The van der Waals surface area contributed by atoms with Gasteiger partial charge in [-0.25, -0.2) is 9.07 Å². The number of benzene rings is 3. The molecule has 2 aromatic heterocycles. The van der Waals surface area contributed by atoms with Crippen LogP contribution in [0.15, 0.2) is 103 Å². The second-order valence-electron chi connectivity index (χ2n) is 9.85. The molecule has 1 unspecified atom stereocenters. The van der Waals surface area contributed by atoms with Crippen molar-refractivity contribution in [1.29, 1.82) is 0 Å². The summed E-state index contributed by atoms with van der Waals surface area (Å²) in [5.74, 6) is 0.244. The number of anilines is 1. The fourth-order valence-electron chi connectivity index (χ4n) is 5.11. The Balaban J connectivity index is 1.53. The molecular formula is C33H28FN5O3S. The van der Waals surface area contributed by atoms with Crippen molar-refractivity contribution in [2.45, 2.75) is 11.8 Å². The Kier molecular flexibility index (Phi) is 8.19. The summed E-state index contributed by atoms with van der Waals surface area (Å²) < 4.78 is 21.4. The summed E-state index contributed by atoms with van der Waals surface area (Å²) in [6.07, 6.45) is 1.66. The van der Waals surface area contributed by atoms with E-state index in [2.05, 4.69) is 10.3 Å². The number of carbonyl (C=O) groups is 2. The highest BCUT2D eigenvalue weighted by atomic mass is 32.2. The maximum absolute atomic E-state index is 14.0. The molecule has 8 nitrogen and oxygen atoms in total. The lowest BCUT2D eigenvalue weighted by molar-refractivity contribution is -0.123. The first kappa shape index (κ1) is 28.2. The number of ether oxygens (including phenoxy) is 1. The number of rotatable bonds is 8. The molecule has 43 heavy (non-hydrogen) atoms. The Morgan fingerprint density at radius 1 is 1.00 bits per heavy atom. The lowest BCUT2D eigenvalue weighted by Crippen LogP contribution is -2.42. The Hall–Kier alpha value is -4.96. The van der Waals surface area contributed by atoms with Crippen LogP contribution in [-0.4, -0.2) is 46.0 Å². The van der Waals surface area contributed by atoms with Gasteiger partial charge in [0.15, 0.2) is 0 Å². The molecule has 10 heteroatoms. The fourth-order valence-corrected chi connectivity index (χ4v) is 6.33. The van der Waals surface area contributed by atoms with Crippen LogP contribution in [0.5, 0.6) is 5.75 Å². The maximum atomic E-state index is 14.0. The lowest BCUT2D eigenvalue weighted by Gasteiger charge is -2.23. The van der Waals surface area contributed by atoms with E-state index in [1.807, 2.05) is 66.7 Å². The highest BCUT2D eigenvalue weighted by Crippen LogP contribution is 2.50. The van der Waals surface area contributed by atoms with Crippen LogP contribution in [0.1, 0.15) is 22.1 Å². The first-order valence-electron chi connectivity index (χ1n) is 13.7. The number of carbonyl (C=O) groups excluding carboxylic acids is 2. The van der Waals surface area contributed by atoms with Crippen molar-refractivity contribution < 1.29 is 18.7 Å². The van der Waals surface area contributed by atoms with Crippen molar-refractivity contribution in [1.82, 2.24) is 20.1 Å². The molecule has 0 aliphatic carbocycles. The normalized spacial score (nSPS) is 14.6. The van der Waals surface area contributed by atoms with E-state index >= 15 is 0 Å². The van der Waals surface area contributed by atoms with Crippen molar-refractivity contribution in [3.8, 4) is 22.7 Å². The van der Waals surface area contributed by atoms with Crippen LogP contribution in [0.3, 0.4) is 0 Å². The molecule has 5 aromatic rings. The number of amides is 2. The number of hydrogen-bond acceptors (Lipinski definition) is 6. The van der Waals surface area contributed by atoms with E-state index in [4.69, 9.17) is 9.84 Å². The second kappa shape index (κ2) is 12.5. The summed E-state index contributed by atoms with van der Waals surface area (Å²) >= 11 is 1.45. The lowest BCUT2D eigenvalue weighted by atomic mass is 9.99. The van der Waals surface area contributed by atoms with Crippen LogP contribution >= 0.6 is 11.8 Å². The molecule has 0 fully saturated rings. The number of methoxy groups -OCH3 is 1. The predicted octanol–water partition coefficient (Wildman–Crippen LogP) is 5.57. The van der Waals surface area contributed by atoms with Gasteiger partial charge < -0.3 is 10.1 Å². The largest absolute Gasteiger partial charge is 0.496 e. The molecule has 2 amide bonds. The van der Waals surface area contributed by atoms with E-state index < -0.39 is 5.82 Å². The molecule has 0 saturated heterocycles. The molecule has 1 aliphatic rings. The topological polar surface area (TPSA) is 89.3 Å². The van der Waals surface area contributed by atoms with Crippen LogP contribution in [-0.2, 0) is 16.1 Å². The van der Waals surface area contributed by atoms with Crippen molar-refractivity contribution in [2.24, 2.45) is 0 Å². The number of aromatic nitrogens is 3. The smallest absolute Gasteiger partial charge is 0.240 e. The van der Waals surface area contributed by atoms with Gasteiger partial charge in [0, 0.05) is 22.9 Å². The van der Waals surface area contributed by atoms with Crippen molar-refractivity contribution in [3.05, 3.63) is 126 Å². The molecule has 1 aliphatic heterocycles. The molecule has 1 atom stereocenters. The van der Waals surface area contributed by atoms with Crippen molar-refractivity contribution >= 4 is 29.4 Å². The van der Waals surface area contributed by atoms with Crippen LogP contribution in [0.25, 0.3) is 16.9 Å². The average molecular weight is 594 g/mol. The molecule has 0 bridgehead atoms. The SMILES string of the molecule is COc1ccccc1C1SCC(=O)N(CC(=O)NCc2ccccn2)c2c1c(-c1ccccc1)nn2-c1ccc(F)cc1. The number of fused-ring (bicyclic) bond motifs is 1. The Labute approximate surface area is 252 Å². The number of halogens is 1. The highest BCUT2D eigenvalue weighted by molar-refractivity contribution is 8.00. The number of thioether (sulfide) groups is 1. The number of nitrogens with zero attached hydrogens (tertiary/aromatic N) is 4. The standard InChI is InChI=1S/C33H28FN5O3S/c1-42-27-13-6-5-12-26(27)32-30-31(22-9-3-2-4-10-22)37-39(25-16-14-23(34)15-17-25)33(30)38(29(41)21-43-32)20-28(40)36-19-24-11-7-8-18-35-24/h2-18,32H,19-21H2,1H3,(H,36,40). The minimum atomic E-state index is -0.394. The number of hydrogen-bond donors (Lipinski definition) is 1. The third-order valence-corrected chi connectivity index (χ3v) is 8.36. The number of pyridine rings is 1. The summed E-state index contributed by atoms with van der Waals surface area (Å²) in [5.41, 5.74) is 4.38. The van der Waals surface area contributed by atoms with Gasteiger partial charge in [0.25, 0.3) is 0 Å². The minimum absolute atomic E-state index is 0.114. The van der Waals surface area contributed by atoms with E-state index in [0.717, 1.165) is 16.7 Å². The molecule has 0 spiro atoms. The third kappa shape index (κ3) is 5.87. The maximum Gasteiger partial charge on any atom is 0.240 e. The van der Waals surface area contributed by atoms with E-state index in [9.17, 15) is 14.0 Å². The van der Waals surface area contributed by atoms with Crippen LogP contribution in [0, 0.1) is 5.82 Å². The summed E-state index contributed by atoms with van der Waals surface area (Å²) in [4.78, 5) is 33.0. The van der Waals surface area contributed by atoms with E-state index in [1.165, 1.54) is 28.8 Å². The van der Waals surface area contributed by atoms with Gasteiger partial charge in [-0.2, -0.15) is 5.10 Å². The minimum Gasteiger partial charge on any atom is -0.496 e. The van der Waals surface area contributed by atoms with Gasteiger partial charge in [-0.15, -0.1) is 11.8 Å². The van der Waals surface area contributed by atoms with Crippen LogP contribution in [0.2, 0.25) is 0 Å². The van der Waals surface area contributed by atoms with Gasteiger partial charge in [0.1, 0.15) is 23.9 Å². The summed E-state index contributed by atoms with van der Waals surface area (Å²) in [7, 11) is 1.62. The van der Waals surface area contributed by atoms with E-state index in [1.54, 1.807) is 36.2 Å². The monoisotopic (exact) mass is 593 g/mol. The van der Waals surface area contributed by atoms with Crippen molar-refractivity contribution in [2.75, 3.05) is 24.3 Å². The molecule has 3 heterocycles. The van der Waals surface area contributed by atoms with Gasteiger partial charge in [-0.3, -0.25) is 19.5 Å². The number of nitrogens with one attached hydrogen (secondary N) is 1. The molecule has 0 saturated carbocycles. The molecule has 216 valence electrons. The van der Waals surface area contributed by atoms with Crippen LogP contribution < -0.4 is 15.0 Å². The highest BCUT2D eigenvalue weighted by Gasteiger charge is 2.38. The fraction of sp³-hybridized carbons (Fsp3) is 0.152. The van der Waals surface area contributed by atoms with Gasteiger partial charge >= 0.3 is 0 Å². The summed E-state index contributed by atoms with van der Waals surface area (Å²) in [6, 6.07) is 28.8. The predicted molar refractivity (Wildman–Crippen MR) is 165 cm³/mol. The van der Waals surface area contributed by atoms with Crippen LogP contribution in [0.4, 0.5) is 10.2 Å². The quantitative estimate of drug-likeness (QED) is 0.253. The van der Waals surface area contributed by atoms with E-state index in [0.29, 0.717) is 28.6 Å². The average Bonchev–Trinajstić information content (AvgIpc) is 3.37. The van der Waals surface area contributed by atoms with Gasteiger partial charge in [-0.1, -0.05) is 54.6 Å². The summed E-state index contributed by atoms with van der Waals surface area (Å²) in [5, 5.41) is 7.55. The molecular weight excluding hydrogens is 565 g/mol. The molecule has 3 aromatic carbocycles. The van der Waals surface area contributed by atoms with Gasteiger partial charge in [0.05, 0.1) is 41.7 Å². The van der Waals surface area contributed by atoms with E-state index in [-0.39, 0.29) is 35.9 Å². The zero-order chi connectivity index (χ0) is 29.8. The Morgan fingerprint density at radius 3 is 2.49 bits per heavy atom. The van der Waals surface area contributed by atoms with Gasteiger partial charge in [-0.05, 0) is 42.5 Å². The zero-order valence-electron chi connectivity index (χ0n) is 23.3. The zero-order valence-corrected chi connectivity index (χ0v) is 24.1. The second-order valence-corrected chi connectivity index (χ2v) is 10.9. The Bertz CT molecular complexity index is 1750. The first-order chi connectivity index (χ1) is 21.0. The molecule has 6 rings (SSSR count). The first-order valence-corrected chi connectivity index (χ1v) is 14.7. The molecule has 0 radical (unpaired) electrons. The Morgan fingerprint density at radius 2 is 1.74 bits per heavy atom. The third-order valence-electron chi connectivity index (χ3n) is 7.12. The van der Waals surface area contributed by atoms with Crippen molar-refractivity contribution in [3.63, 3.8) is 0 Å². The molecule has 1 N–H and O–H groups in total. The summed E-state index contributed by atoms with van der Waals surface area (Å²) in [6.45, 7) is -0.0152. The number of para-hydroxylation sites is 1. The van der Waals surface area contributed by atoms with Gasteiger partial charge in [0.2, 0.25) is 11.8 Å².